The summed E-state index contributed by atoms with van der Waals surface area (Å²) in [6, 6.07) is 7.91. The molecule has 4 aromatic rings. The van der Waals surface area contributed by atoms with Crippen molar-refractivity contribution >= 4 is 40.8 Å². The number of nitrogens with one attached hydrogen (secondary N) is 1. The number of aromatic carboxylic acids is 1. The number of benzene rings is 1. The minimum absolute atomic E-state index is 0.113. The Morgan fingerprint density at radius 3 is 2.45 bits per heavy atom. The van der Waals surface area contributed by atoms with Crippen molar-refractivity contribution in [1.82, 2.24) is 15.1 Å². The molecular formula is C26H19Cl2F3N4O5. The van der Waals surface area contributed by atoms with E-state index in [9.17, 15) is 22.8 Å². The fourth-order valence-electron chi connectivity index (χ4n) is 3.73. The van der Waals surface area contributed by atoms with Gasteiger partial charge in [-0.25, -0.2) is 9.78 Å². The Morgan fingerprint density at radius 1 is 1.12 bits per heavy atom. The van der Waals surface area contributed by atoms with Crippen LogP contribution in [0.25, 0.3) is 11.3 Å². The van der Waals surface area contributed by atoms with Crippen LogP contribution < -0.4 is 10.1 Å². The number of carbonyl (C=O) groups is 2. The summed E-state index contributed by atoms with van der Waals surface area (Å²) in [5, 5.41) is 15.9. The molecule has 0 saturated heterocycles. The largest absolute Gasteiger partial charge is 0.478 e. The lowest BCUT2D eigenvalue weighted by Gasteiger charge is -2.15. The first kappa shape index (κ1) is 28.8. The standard InChI is InChI=1S/C26H19Cl2F3N4O5/c1-12(2)22-16(21(35-40-22)20-17(27)4-3-5-18(20)28)11-39-19-7-6-15(23(34-19)26(29,30)31)24(36)33-14-8-13(25(37)38)9-32-10-14/h3-10,12H,11H2,1-2H3,(H,33,36)(H,37,38). The van der Waals surface area contributed by atoms with Gasteiger partial charge in [-0.2, -0.15) is 13.2 Å². The first-order valence-corrected chi connectivity index (χ1v) is 12.3. The second-order valence-electron chi connectivity index (χ2n) is 8.68. The molecule has 0 saturated carbocycles. The number of carboxylic acid groups (broad SMARTS) is 1. The summed E-state index contributed by atoms with van der Waals surface area (Å²) in [4.78, 5) is 31.0. The summed E-state index contributed by atoms with van der Waals surface area (Å²) in [7, 11) is 0. The van der Waals surface area contributed by atoms with Gasteiger partial charge in [-0.3, -0.25) is 9.78 Å². The number of pyridine rings is 2. The number of rotatable bonds is 8. The van der Waals surface area contributed by atoms with Crippen molar-refractivity contribution in [2.24, 2.45) is 0 Å². The highest BCUT2D eigenvalue weighted by Crippen LogP contribution is 2.39. The van der Waals surface area contributed by atoms with Gasteiger partial charge in [0.1, 0.15) is 18.1 Å². The molecule has 4 rings (SSSR count). The molecule has 0 aliphatic carbocycles. The van der Waals surface area contributed by atoms with Gasteiger partial charge in [-0.1, -0.05) is 48.3 Å². The van der Waals surface area contributed by atoms with Gasteiger partial charge in [0, 0.05) is 23.7 Å². The smallest absolute Gasteiger partial charge is 0.434 e. The minimum Gasteiger partial charge on any atom is -0.478 e. The number of hydrogen-bond donors (Lipinski definition) is 2. The van der Waals surface area contributed by atoms with Gasteiger partial charge in [0.25, 0.3) is 5.91 Å². The van der Waals surface area contributed by atoms with Gasteiger partial charge in [0.15, 0.2) is 5.69 Å². The summed E-state index contributed by atoms with van der Waals surface area (Å²) in [5.74, 6) is -2.68. The van der Waals surface area contributed by atoms with Crippen LogP contribution in [0.2, 0.25) is 10.0 Å². The number of carbonyl (C=O) groups excluding carboxylic acids is 1. The maximum absolute atomic E-state index is 13.9. The van der Waals surface area contributed by atoms with E-state index < -0.39 is 35.2 Å². The van der Waals surface area contributed by atoms with Crippen LogP contribution in [0.5, 0.6) is 5.88 Å². The molecule has 0 bridgehead atoms. The monoisotopic (exact) mass is 594 g/mol. The Morgan fingerprint density at radius 2 is 1.82 bits per heavy atom. The maximum Gasteiger partial charge on any atom is 0.434 e. The van der Waals surface area contributed by atoms with E-state index in [-0.39, 0.29) is 39.5 Å². The molecule has 0 spiro atoms. The third kappa shape index (κ3) is 6.18. The first-order chi connectivity index (χ1) is 18.9. The van der Waals surface area contributed by atoms with Crippen molar-refractivity contribution in [3.05, 3.63) is 87.0 Å². The van der Waals surface area contributed by atoms with Crippen molar-refractivity contribution in [3.63, 3.8) is 0 Å². The zero-order chi connectivity index (χ0) is 29.2. The Kier molecular flexibility index (Phi) is 8.31. The molecule has 14 heteroatoms. The lowest BCUT2D eigenvalue weighted by atomic mass is 10.0. The minimum atomic E-state index is -5.02. The summed E-state index contributed by atoms with van der Waals surface area (Å²) < 4.78 is 52.8. The second kappa shape index (κ2) is 11.5. The van der Waals surface area contributed by atoms with Gasteiger partial charge in [-0.15, -0.1) is 0 Å². The molecule has 0 unspecified atom stereocenters. The Hall–Kier alpha value is -4.16. The number of ether oxygens (including phenoxy) is 1. The zero-order valence-corrected chi connectivity index (χ0v) is 22.2. The van der Waals surface area contributed by atoms with Crippen LogP contribution >= 0.6 is 23.2 Å². The van der Waals surface area contributed by atoms with E-state index in [0.29, 0.717) is 16.9 Å². The van der Waals surface area contributed by atoms with Gasteiger partial charge >= 0.3 is 12.1 Å². The normalized spacial score (nSPS) is 11.5. The van der Waals surface area contributed by atoms with E-state index in [4.69, 9.17) is 37.6 Å². The molecule has 0 fully saturated rings. The average molecular weight is 595 g/mol. The van der Waals surface area contributed by atoms with Crippen LogP contribution in [0.3, 0.4) is 0 Å². The second-order valence-corrected chi connectivity index (χ2v) is 9.49. The Labute approximate surface area is 234 Å². The molecule has 1 amide bonds. The number of carboxylic acids is 1. The van der Waals surface area contributed by atoms with Crippen LogP contribution in [-0.4, -0.2) is 32.1 Å². The van der Waals surface area contributed by atoms with Crippen molar-refractivity contribution in [2.75, 3.05) is 5.32 Å². The molecule has 1 aromatic carbocycles. The number of amides is 1. The van der Waals surface area contributed by atoms with Crippen LogP contribution in [0.15, 0.2) is 53.3 Å². The van der Waals surface area contributed by atoms with Crippen LogP contribution in [0.1, 0.15) is 57.5 Å². The Bertz CT molecular complexity index is 1570. The van der Waals surface area contributed by atoms with Crippen LogP contribution in [0, 0.1) is 0 Å². The van der Waals surface area contributed by atoms with Crippen LogP contribution in [0.4, 0.5) is 18.9 Å². The van der Waals surface area contributed by atoms with E-state index in [1.165, 1.54) is 0 Å². The van der Waals surface area contributed by atoms with Crippen molar-refractivity contribution in [3.8, 4) is 17.1 Å². The van der Waals surface area contributed by atoms with Gasteiger partial charge in [-0.05, 0) is 24.3 Å². The van der Waals surface area contributed by atoms with E-state index in [0.717, 1.165) is 30.6 Å². The van der Waals surface area contributed by atoms with E-state index >= 15 is 0 Å². The van der Waals surface area contributed by atoms with Crippen LogP contribution in [-0.2, 0) is 12.8 Å². The number of halogens is 5. The topological polar surface area (TPSA) is 127 Å². The highest BCUT2D eigenvalue weighted by atomic mass is 35.5. The highest BCUT2D eigenvalue weighted by Gasteiger charge is 2.38. The van der Waals surface area contributed by atoms with Crippen molar-refractivity contribution in [2.45, 2.75) is 32.5 Å². The van der Waals surface area contributed by atoms with Gasteiger partial charge in [0.2, 0.25) is 5.88 Å². The SMILES string of the molecule is CC(C)c1onc(-c2c(Cl)cccc2Cl)c1COc1ccc(C(=O)Nc2cncc(C(=O)O)c2)c(C(F)(F)F)n1. The highest BCUT2D eigenvalue weighted by molar-refractivity contribution is 6.39. The molecule has 3 aromatic heterocycles. The fourth-order valence-corrected chi connectivity index (χ4v) is 4.30. The lowest BCUT2D eigenvalue weighted by molar-refractivity contribution is -0.141. The Balaban J connectivity index is 1.64. The molecule has 2 N–H and O–H groups in total. The molecule has 40 heavy (non-hydrogen) atoms. The summed E-state index contributed by atoms with van der Waals surface area (Å²) in [5.41, 5.74) is -1.64. The number of alkyl halides is 3. The predicted molar refractivity (Wildman–Crippen MR) is 139 cm³/mol. The molecule has 0 aliphatic heterocycles. The summed E-state index contributed by atoms with van der Waals surface area (Å²) in [6.45, 7) is 3.37. The third-order valence-corrected chi connectivity index (χ3v) is 6.16. The molecule has 0 aliphatic rings. The lowest BCUT2D eigenvalue weighted by Crippen LogP contribution is -2.21. The average Bonchev–Trinajstić information content (AvgIpc) is 3.30. The molecule has 3 heterocycles. The molecule has 9 nitrogen and oxygen atoms in total. The van der Waals surface area contributed by atoms with Gasteiger partial charge in [0.05, 0.1) is 38.6 Å². The van der Waals surface area contributed by atoms with Crippen molar-refractivity contribution < 1.29 is 37.1 Å². The number of hydrogen-bond acceptors (Lipinski definition) is 7. The fraction of sp³-hybridized carbons (Fsp3) is 0.192. The maximum atomic E-state index is 13.9. The number of aromatic nitrogens is 3. The van der Waals surface area contributed by atoms with Crippen molar-refractivity contribution in [1.29, 1.82) is 0 Å². The van der Waals surface area contributed by atoms with E-state index in [1.54, 1.807) is 18.2 Å². The summed E-state index contributed by atoms with van der Waals surface area (Å²) >= 11 is 12.7. The third-order valence-electron chi connectivity index (χ3n) is 5.53. The number of anilines is 1. The molecule has 0 radical (unpaired) electrons. The predicted octanol–water partition coefficient (Wildman–Crippen LogP) is 7.11. The number of nitrogens with zero attached hydrogens (tertiary/aromatic N) is 3. The molecule has 0 atom stereocenters. The van der Waals surface area contributed by atoms with E-state index in [1.807, 2.05) is 13.8 Å². The molecule has 208 valence electrons. The summed E-state index contributed by atoms with van der Waals surface area (Å²) in [6.07, 6.45) is -2.90. The first-order valence-electron chi connectivity index (χ1n) is 11.5. The van der Waals surface area contributed by atoms with E-state index in [2.05, 4.69) is 20.4 Å². The zero-order valence-electron chi connectivity index (χ0n) is 20.7. The quantitative estimate of drug-likeness (QED) is 0.221. The van der Waals surface area contributed by atoms with Gasteiger partial charge < -0.3 is 19.7 Å². The molecular weight excluding hydrogens is 576 g/mol.